The lowest BCUT2D eigenvalue weighted by molar-refractivity contribution is -0.870. The van der Waals surface area contributed by atoms with E-state index in [0.717, 1.165) is 148 Å². The molecule has 0 aromatic heterocycles. The quantitative estimate of drug-likeness (QED) is 0.0211. The monoisotopic (exact) mass is 1400 g/mol. The maximum absolute atomic E-state index is 13.0. The van der Waals surface area contributed by atoms with Gasteiger partial charge in [-0.15, -0.1) is 0 Å². The molecule has 101 heavy (non-hydrogen) atoms. The highest BCUT2D eigenvalue weighted by Gasteiger charge is 2.25. The number of carboxylic acids is 1. The number of esters is 2. The number of aliphatic carboxylic acids is 1. The Bertz CT molecular complexity index is 2380. The molecule has 0 heterocycles. The highest BCUT2D eigenvalue weighted by molar-refractivity contribution is 5.71. The Morgan fingerprint density at radius 2 is 0.535 bits per heavy atom. The van der Waals surface area contributed by atoms with Crippen molar-refractivity contribution < 1.29 is 42.9 Å². The van der Waals surface area contributed by atoms with E-state index in [1.165, 1.54) is 128 Å². The molecule has 9 nitrogen and oxygen atoms in total. The Kier molecular flexibility index (Phi) is 75.2. The van der Waals surface area contributed by atoms with Gasteiger partial charge in [0.05, 0.1) is 34.4 Å². The van der Waals surface area contributed by atoms with Crippen molar-refractivity contribution in [1.29, 1.82) is 0 Å². The van der Waals surface area contributed by atoms with Crippen LogP contribution in [0.4, 0.5) is 0 Å². The van der Waals surface area contributed by atoms with E-state index in [-0.39, 0.29) is 38.6 Å². The molecular formula is C92H150NO8+. The summed E-state index contributed by atoms with van der Waals surface area (Å²) in [6.07, 6.45) is 120. The third-order valence-electron chi connectivity index (χ3n) is 16.8. The molecule has 0 aliphatic rings. The number of likely N-dealkylation sites (N-methyl/N-ethyl adjacent to an activating group) is 1. The minimum atomic E-state index is -1.53. The van der Waals surface area contributed by atoms with Gasteiger partial charge in [-0.1, -0.05) is 350 Å². The molecule has 1 N–H and O–H groups in total. The summed E-state index contributed by atoms with van der Waals surface area (Å²) >= 11 is 0. The molecule has 0 amide bonds. The van der Waals surface area contributed by atoms with Gasteiger partial charge in [-0.05, 0) is 141 Å². The molecule has 0 aliphatic carbocycles. The zero-order valence-corrected chi connectivity index (χ0v) is 65.2. The van der Waals surface area contributed by atoms with Crippen molar-refractivity contribution in [2.75, 3.05) is 47.5 Å². The summed E-state index contributed by atoms with van der Waals surface area (Å²) in [4.78, 5) is 37.7. The van der Waals surface area contributed by atoms with Crippen LogP contribution in [-0.2, 0) is 33.3 Å². The van der Waals surface area contributed by atoms with Gasteiger partial charge < -0.3 is 28.5 Å². The molecule has 9 heteroatoms. The van der Waals surface area contributed by atoms with E-state index in [1.807, 2.05) is 21.1 Å². The molecule has 0 saturated heterocycles. The SMILES string of the molecule is CC/C=C\C/C=C\C/C=C\C/C=C\C/C=C\C/C=C\C/C=C\C/C=C\C/C=C\C/C=C\C/C=C\C/C=C\CCCCCCC(=O)OC(COC(=O)CCCCCCCCCCCCCCCCCCCCCCCC/C=C\C/C=C\C/C=C\C/C=C\CC)COC(OCC[N+](C)(C)C)C(=O)O. The zero-order chi connectivity index (χ0) is 73.2. The van der Waals surface area contributed by atoms with Gasteiger partial charge >= 0.3 is 17.9 Å². The third kappa shape index (κ3) is 81.3. The van der Waals surface area contributed by atoms with Crippen LogP contribution in [0, 0.1) is 0 Å². The van der Waals surface area contributed by atoms with Gasteiger partial charge in [-0.3, -0.25) is 9.59 Å². The van der Waals surface area contributed by atoms with Crippen LogP contribution >= 0.6 is 0 Å². The first-order valence-corrected chi connectivity index (χ1v) is 40.6. The highest BCUT2D eigenvalue weighted by Crippen LogP contribution is 2.17. The summed E-state index contributed by atoms with van der Waals surface area (Å²) in [5, 5.41) is 9.78. The highest BCUT2D eigenvalue weighted by atomic mass is 16.7. The van der Waals surface area contributed by atoms with E-state index in [0.29, 0.717) is 17.4 Å². The van der Waals surface area contributed by atoms with E-state index >= 15 is 0 Å². The van der Waals surface area contributed by atoms with Crippen LogP contribution in [-0.4, -0.2) is 87.4 Å². The summed E-state index contributed by atoms with van der Waals surface area (Å²) in [5.74, 6) is -2.05. The fraction of sp³-hybridized carbons (Fsp3) is 0.620. The maximum Gasteiger partial charge on any atom is 0.361 e. The molecule has 0 fully saturated rings. The van der Waals surface area contributed by atoms with E-state index in [1.54, 1.807) is 0 Å². The minimum Gasteiger partial charge on any atom is -0.477 e. The van der Waals surface area contributed by atoms with Gasteiger partial charge in [0, 0.05) is 12.8 Å². The number of hydrogen-bond donors (Lipinski definition) is 1. The first kappa shape index (κ1) is 95.1. The topological polar surface area (TPSA) is 108 Å². The van der Waals surface area contributed by atoms with E-state index in [4.69, 9.17) is 18.9 Å². The molecular weight excluding hydrogens is 1250 g/mol. The number of unbranched alkanes of at least 4 members (excludes halogenated alkanes) is 26. The van der Waals surface area contributed by atoms with Crippen LogP contribution in [0.5, 0.6) is 0 Å². The van der Waals surface area contributed by atoms with Crippen LogP contribution in [0.25, 0.3) is 0 Å². The average molecular weight is 1400 g/mol. The standard InChI is InChI=1S/C92H149NO8/c1-6-8-10-12-14-16-18-20-22-24-26-28-30-32-34-36-38-40-42-43-44-45-46-47-49-51-53-55-57-59-61-63-65-67-69-71-73-75-77-79-81-83-90(95)101-88(87-100-92(91(96)97)98-85-84-93(3,4)5)86-99-89(94)82-80-78-76-74-72-70-68-66-64-62-60-58-56-54-52-50-48-41-39-37-35-33-31-29-27-25-23-21-19-17-15-13-11-9-7-2/h8-11,14-17,20-23,26-29,32,34,38,40,43-44,46-47,51,53,57,59,63,65,69,71,88,92H,6-7,12-13,18-19,24-25,30-31,33,35-37,39,41-42,45,48-50,52,54-56,58,60-62,64,66-68,70,72-87H2,1-5H3/p+1/b10-8-,11-9-,16-14-,17-15-,22-20-,23-21-,28-26-,29-27-,34-32-,40-38-,44-43-,47-46-,53-51-,59-57-,65-63-,71-69-. The zero-order valence-electron chi connectivity index (χ0n) is 65.2. The van der Waals surface area contributed by atoms with Gasteiger partial charge in [-0.25, -0.2) is 4.79 Å². The molecule has 0 spiro atoms. The molecule has 0 saturated carbocycles. The molecule has 570 valence electrons. The second-order valence-electron chi connectivity index (χ2n) is 27.6. The lowest BCUT2D eigenvalue weighted by Crippen LogP contribution is -2.40. The molecule has 0 bridgehead atoms. The summed E-state index contributed by atoms with van der Waals surface area (Å²) in [7, 11) is 5.97. The number of nitrogens with zero attached hydrogens (tertiary/aromatic N) is 1. The van der Waals surface area contributed by atoms with Crippen molar-refractivity contribution in [2.24, 2.45) is 0 Å². The summed E-state index contributed by atoms with van der Waals surface area (Å²) < 4.78 is 23.0. The predicted octanol–water partition coefficient (Wildman–Crippen LogP) is 26.5. The molecule has 0 rings (SSSR count). The van der Waals surface area contributed by atoms with Gasteiger partial charge in [0.15, 0.2) is 6.10 Å². The van der Waals surface area contributed by atoms with E-state index in [2.05, 4.69) is 208 Å². The van der Waals surface area contributed by atoms with Crippen molar-refractivity contribution in [3.63, 3.8) is 0 Å². The van der Waals surface area contributed by atoms with Crippen LogP contribution in [0.3, 0.4) is 0 Å². The second-order valence-corrected chi connectivity index (χ2v) is 27.6. The van der Waals surface area contributed by atoms with Crippen molar-refractivity contribution in [3.05, 3.63) is 194 Å². The summed E-state index contributed by atoms with van der Waals surface area (Å²) in [6.45, 7) is 4.62. The molecule has 0 radical (unpaired) electrons. The van der Waals surface area contributed by atoms with Gasteiger partial charge in [-0.2, -0.15) is 0 Å². The van der Waals surface area contributed by atoms with Gasteiger partial charge in [0.1, 0.15) is 13.2 Å². The maximum atomic E-state index is 13.0. The van der Waals surface area contributed by atoms with Crippen molar-refractivity contribution in [1.82, 2.24) is 0 Å². The number of carboxylic acid groups (broad SMARTS) is 1. The number of hydrogen-bond acceptors (Lipinski definition) is 7. The Hall–Kier alpha value is -5.87. The van der Waals surface area contributed by atoms with E-state index < -0.39 is 24.3 Å². The predicted molar refractivity (Wildman–Crippen MR) is 437 cm³/mol. The van der Waals surface area contributed by atoms with Crippen LogP contribution in [0.15, 0.2) is 194 Å². The molecule has 2 atom stereocenters. The fourth-order valence-corrected chi connectivity index (χ4v) is 10.8. The minimum absolute atomic E-state index is 0.174. The largest absolute Gasteiger partial charge is 0.477 e. The third-order valence-corrected chi connectivity index (χ3v) is 16.8. The Morgan fingerprint density at radius 1 is 0.297 bits per heavy atom. The normalized spacial score (nSPS) is 13.7. The Balaban J connectivity index is 4.14. The lowest BCUT2D eigenvalue weighted by atomic mass is 10.0. The smallest absolute Gasteiger partial charge is 0.361 e. The van der Waals surface area contributed by atoms with Crippen molar-refractivity contribution in [3.8, 4) is 0 Å². The van der Waals surface area contributed by atoms with Crippen molar-refractivity contribution >= 4 is 17.9 Å². The number of quaternary nitrogens is 1. The van der Waals surface area contributed by atoms with Gasteiger partial charge in [0.25, 0.3) is 6.29 Å². The number of carbonyl (C=O) groups is 3. The second kappa shape index (κ2) is 79.8. The molecule has 0 aromatic rings. The first-order valence-electron chi connectivity index (χ1n) is 40.6. The number of ether oxygens (including phenoxy) is 4. The molecule has 0 aromatic carbocycles. The van der Waals surface area contributed by atoms with Crippen LogP contribution < -0.4 is 0 Å². The van der Waals surface area contributed by atoms with E-state index in [9.17, 15) is 19.5 Å². The van der Waals surface area contributed by atoms with Crippen LogP contribution in [0.1, 0.15) is 309 Å². The van der Waals surface area contributed by atoms with Crippen molar-refractivity contribution in [2.45, 2.75) is 322 Å². The van der Waals surface area contributed by atoms with Crippen LogP contribution in [0.2, 0.25) is 0 Å². The molecule has 0 aliphatic heterocycles. The Morgan fingerprint density at radius 3 is 0.792 bits per heavy atom. The summed E-state index contributed by atoms with van der Waals surface area (Å²) in [5.41, 5.74) is 0. The lowest BCUT2D eigenvalue weighted by Gasteiger charge is -2.25. The number of carbonyl (C=O) groups excluding carboxylic acids is 2. The number of allylic oxidation sites excluding steroid dienone is 32. The fourth-order valence-electron chi connectivity index (χ4n) is 10.8. The molecule has 2 unspecified atom stereocenters. The first-order chi connectivity index (χ1) is 49.6. The average Bonchev–Trinajstić information content (AvgIpc) is 1.21. The summed E-state index contributed by atoms with van der Waals surface area (Å²) in [6, 6.07) is 0. The Labute approximate surface area is 621 Å². The number of rotatable bonds is 73. The van der Waals surface area contributed by atoms with Gasteiger partial charge in [0.2, 0.25) is 0 Å².